The van der Waals surface area contributed by atoms with Crippen LogP contribution in [-0.4, -0.2) is 39.4 Å². The third-order valence-corrected chi connectivity index (χ3v) is 6.14. The lowest BCUT2D eigenvalue weighted by Gasteiger charge is -2.37. The number of amides is 1. The van der Waals surface area contributed by atoms with Crippen molar-refractivity contribution in [3.8, 4) is 11.4 Å². The van der Waals surface area contributed by atoms with Crippen molar-refractivity contribution in [3.05, 3.63) is 82.8 Å². The molecule has 1 aliphatic heterocycles. The van der Waals surface area contributed by atoms with Crippen LogP contribution in [0.15, 0.2) is 60.3 Å². The molecule has 154 valence electrons. The molecular weight excluding hydrogens is 390 g/mol. The van der Waals surface area contributed by atoms with E-state index in [2.05, 4.69) is 9.97 Å². The molecule has 0 bridgehead atoms. The average Bonchev–Trinajstić information content (AvgIpc) is 3.23. The van der Waals surface area contributed by atoms with Gasteiger partial charge < -0.3 is 9.88 Å². The van der Waals surface area contributed by atoms with Crippen LogP contribution in [0.1, 0.15) is 40.2 Å². The van der Waals surface area contributed by atoms with Crippen molar-refractivity contribution in [3.63, 3.8) is 0 Å². The second-order valence-electron chi connectivity index (χ2n) is 8.13. The van der Waals surface area contributed by atoms with Gasteiger partial charge in [-0.3, -0.25) is 14.4 Å². The van der Waals surface area contributed by atoms with Gasteiger partial charge in [0.1, 0.15) is 17.2 Å². The van der Waals surface area contributed by atoms with Crippen LogP contribution in [0.2, 0.25) is 0 Å². The number of nitrogens with one attached hydrogen (secondary N) is 1. The number of aryl methyl sites for hydroxylation is 1. The normalized spacial score (nSPS) is 20.7. The Balaban J connectivity index is 1.77. The number of imidazole rings is 1. The number of hydrogen-bond donors (Lipinski definition) is 1. The standard InChI is InChI=1S/C25H21N3O3/c1-13-9-11-16(12-10-13)24-26-19-18-21(28(3)25(31)14(2)22(18)29)17(23(30)20(19)27-24)15-7-5-4-6-8-15/h4-12,14,17H,1-3H3,(H,26,27). The van der Waals surface area contributed by atoms with Crippen molar-refractivity contribution < 1.29 is 14.4 Å². The van der Waals surface area contributed by atoms with E-state index in [9.17, 15) is 14.4 Å². The molecule has 2 aromatic carbocycles. The molecule has 31 heavy (non-hydrogen) atoms. The lowest BCUT2D eigenvalue weighted by atomic mass is 9.76. The number of likely N-dealkylation sites (N-methyl/N-ethyl adjacent to an activating group) is 1. The Hall–Kier alpha value is -3.80. The van der Waals surface area contributed by atoms with Gasteiger partial charge >= 0.3 is 0 Å². The number of allylic oxidation sites excluding steroid dienone is 2. The topological polar surface area (TPSA) is 83.1 Å². The minimum absolute atomic E-state index is 0.201. The molecule has 0 saturated heterocycles. The number of hydrogen-bond acceptors (Lipinski definition) is 4. The maximum Gasteiger partial charge on any atom is 0.237 e. The van der Waals surface area contributed by atoms with E-state index in [1.807, 2.05) is 61.5 Å². The van der Waals surface area contributed by atoms with E-state index < -0.39 is 11.8 Å². The molecule has 2 heterocycles. The van der Waals surface area contributed by atoms with Crippen LogP contribution in [0, 0.1) is 12.8 Å². The number of aromatic amines is 1. The molecule has 6 nitrogen and oxygen atoms in total. The molecule has 1 N–H and O–H groups in total. The zero-order chi connectivity index (χ0) is 21.9. The van der Waals surface area contributed by atoms with Crippen LogP contribution in [0.25, 0.3) is 17.0 Å². The summed E-state index contributed by atoms with van der Waals surface area (Å²) >= 11 is 0. The molecule has 0 fully saturated rings. The van der Waals surface area contributed by atoms with E-state index in [4.69, 9.17) is 0 Å². The number of aromatic nitrogens is 2. The Morgan fingerprint density at radius 3 is 2.29 bits per heavy atom. The number of carbonyl (C=O) groups is 3. The van der Waals surface area contributed by atoms with Gasteiger partial charge in [-0.05, 0) is 19.4 Å². The molecule has 3 aromatic rings. The van der Waals surface area contributed by atoms with Gasteiger partial charge in [-0.1, -0.05) is 60.2 Å². The molecule has 2 unspecified atom stereocenters. The van der Waals surface area contributed by atoms with Crippen LogP contribution in [-0.2, 0) is 9.59 Å². The number of Topliss-reactive ketones (excluding diaryl/α,β-unsaturated/α-hetero) is 2. The Labute approximate surface area is 179 Å². The lowest BCUT2D eigenvalue weighted by molar-refractivity contribution is -0.137. The number of H-pyrrole nitrogens is 1. The lowest BCUT2D eigenvalue weighted by Crippen LogP contribution is -2.45. The third kappa shape index (κ3) is 2.79. The quantitative estimate of drug-likeness (QED) is 0.651. The molecule has 2 atom stereocenters. The smallest absolute Gasteiger partial charge is 0.237 e. The number of rotatable bonds is 2. The summed E-state index contributed by atoms with van der Waals surface area (Å²) in [6.45, 7) is 3.60. The van der Waals surface area contributed by atoms with Crippen molar-refractivity contribution in [2.75, 3.05) is 7.05 Å². The van der Waals surface area contributed by atoms with Crippen molar-refractivity contribution in [1.29, 1.82) is 0 Å². The van der Waals surface area contributed by atoms with Crippen molar-refractivity contribution >= 4 is 23.0 Å². The highest BCUT2D eigenvalue weighted by molar-refractivity contribution is 6.33. The van der Waals surface area contributed by atoms with E-state index in [1.54, 1.807) is 14.0 Å². The molecule has 1 aromatic heterocycles. The van der Waals surface area contributed by atoms with Gasteiger partial charge in [0.25, 0.3) is 0 Å². The second kappa shape index (κ2) is 6.87. The number of carbonyl (C=O) groups excluding carboxylic acids is 3. The summed E-state index contributed by atoms with van der Waals surface area (Å²) in [5.41, 5.74) is 4.09. The molecule has 5 rings (SSSR count). The number of benzene rings is 2. The van der Waals surface area contributed by atoms with Crippen LogP contribution >= 0.6 is 0 Å². The molecule has 0 radical (unpaired) electrons. The molecule has 0 spiro atoms. The summed E-state index contributed by atoms with van der Waals surface area (Å²) in [5.74, 6) is -1.85. The molecule has 2 aliphatic rings. The van der Waals surface area contributed by atoms with E-state index in [0.717, 1.165) is 16.7 Å². The predicted molar refractivity (Wildman–Crippen MR) is 116 cm³/mol. The van der Waals surface area contributed by atoms with E-state index >= 15 is 0 Å². The largest absolute Gasteiger partial charge is 0.335 e. The Kier molecular flexibility index (Phi) is 4.25. The SMILES string of the molecule is Cc1ccc(-c2nc3c([nH]2)C(=O)C(c2ccccc2)C2=C3C(=O)C(C)C(=O)N2C)cc1. The van der Waals surface area contributed by atoms with E-state index in [-0.39, 0.29) is 17.5 Å². The maximum absolute atomic E-state index is 13.7. The van der Waals surface area contributed by atoms with Crippen molar-refractivity contribution in [1.82, 2.24) is 14.9 Å². The fourth-order valence-corrected chi connectivity index (χ4v) is 4.41. The zero-order valence-corrected chi connectivity index (χ0v) is 17.5. The van der Waals surface area contributed by atoms with Gasteiger partial charge in [0, 0.05) is 18.3 Å². The van der Waals surface area contributed by atoms with E-state index in [0.29, 0.717) is 28.5 Å². The highest BCUT2D eigenvalue weighted by Gasteiger charge is 2.48. The van der Waals surface area contributed by atoms with Gasteiger partial charge in [0.15, 0.2) is 11.6 Å². The Morgan fingerprint density at radius 1 is 0.935 bits per heavy atom. The van der Waals surface area contributed by atoms with Gasteiger partial charge in [-0.25, -0.2) is 4.98 Å². The predicted octanol–water partition coefficient (Wildman–Crippen LogP) is 3.75. The summed E-state index contributed by atoms with van der Waals surface area (Å²) < 4.78 is 0. The van der Waals surface area contributed by atoms with Crippen LogP contribution in [0.4, 0.5) is 0 Å². The first kappa shape index (κ1) is 19.2. The van der Waals surface area contributed by atoms with Gasteiger partial charge in [0.05, 0.1) is 17.4 Å². The van der Waals surface area contributed by atoms with Crippen molar-refractivity contribution in [2.45, 2.75) is 19.8 Å². The third-order valence-electron chi connectivity index (χ3n) is 6.14. The summed E-state index contributed by atoms with van der Waals surface area (Å²) in [4.78, 5) is 49.0. The number of fused-ring (bicyclic) bond motifs is 2. The summed E-state index contributed by atoms with van der Waals surface area (Å²) in [5, 5.41) is 0. The Bertz CT molecular complexity index is 1270. The summed E-state index contributed by atoms with van der Waals surface area (Å²) in [6.07, 6.45) is 0. The highest BCUT2D eigenvalue weighted by atomic mass is 16.2. The highest BCUT2D eigenvalue weighted by Crippen LogP contribution is 2.45. The molecule has 1 amide bonds. The first-order valence-corrected chi connectivity index (χ1v) is 10.2. The fraction of sp³-hybridized carbons (Fsp3) is 0.200. The fourth-order valence-electron chi connectivity index (χ4n) is 4.41. The van der Waals surface area contributed by atoms with E-state index in [1.165, 1.54) is 4.90 Å². The minimum Gasteiger partial charge on any atom is -0.335 e. The summed E-state index contributed by atoms with van der Waals surface area (Å²) in [7, 11) is 1.63. The second-order valence-corrected chi connectivity index (χ2v) is 8.13. The van der Waals surface area contributed by atoms with Gasteiger partial charge in [-0.2, -0.15) is 0 Å². The summed E-state index contributed by atoms with van der Waals surface area (Å²) in [6, 6.07) is 17.0. The molecular formula is C25H21N3O3. The van der Waals surface area contributed by atoms with Crippen LogP contribution in [0.5, 0.6) is 0 Å². The van der Waals surface area contributed by atoms with Crippen molar-refractivity contribution in [2.24, 2.45) is 5.92 Å². The van der Waals surface area contributed by atoms with Gasteiger partial charge in [-0.15, -0.1) is 0 Å². The first-order chi connectivity index (χ1) is 14.9. The molecule has 0 saturated carbocycles. The molecule has 6 heteroatoms. The van der Waals surface area contributed by atoms with Gasteiger partial charge in [0.2, 0.25) is 5.91 Å². The number of ketones is 2. The Morgan fingerprint density at radius 2 is 1.61 bits per heavy atom. The average molecular weight is 411 g/mol. The maximum atomic E-state index is 13.7. The monoisotopic (exact) mass is 411 g/mol. The number of nitrogens with zero attached hydrogens (tertiary/aromatic N) is 2. The molecule has 1 aliphatic carbocycles. The van der Waals surface area contributed by atoms with Crippen LogP contribution in [0.3, 0.4) is 0 Å². The van der Waals surface area contributed by atoms with Crippen LogP contribution < -0.4 is 0 Å². The minimum atomic E-state index is -0.819. The first-order valence-electron chi connectivity index (χ1n) is 10.2. The zero-order valence-electron chi connectivity index (χ0n) is 17.5.